The molecule has 0 bridgehead atoms. The third-order valence-corrected chi connectivity index (χ3v) is 6.28. The SMILES string of the molecule is COc1ccc2c(Cl)c(C(=O)OC(C(=O)c3ccccc3)c3ccccc3)sc2c1. The summed E-state index contributed by atoms with van der Waals surface area (Å²) in [7, 11) is 1.57. The van der Waals surface area contributed by atoms with E-state index >= 15 is 0 Å². The molecule has 0 aliphatic heterocycles. The Bertz CT molecular complexity index is 1200. The number of ketones is 1. The molecular weight excluding hydrogens is 420 g/mol. The average molecular weight is 437 g/mol. The second-order valence-electron chi connectivity index (χ2n) is 6.53. The van der Waals surface area contributed by atoms with Gasteiger partial charge in [0.05, 0.1) is 12.1 Å². The number of thiophene rings is 1. The molecular formula is C24H17ClO4S. The van der Waals surface area contributed by atoms with Gasteiger partial charge in [0.1, 0.15) is 10.6 Å². The largest absolute Gasteiger partial charge is 0.497 e. The van der Waals surface area contributed by atoms with Crippen molar-refractivity contribution in [1.29, 1.82) is 0 Å². The van der Waals surface area contributed by atoms with Crippen molar-refractivity contribution in [3.05, 3.63) is 99.9 Å². The van der Waals surface area contributed by atoms with E-state index in [1.807, 2.05) is 18.2 Å². The van der Waals surface area contributed by atoms with Crippen LogP contribution in [0.2, 0.25) is 5.02 Å². The third-order valence-electron chi connectivity index (χ3n) is 4.65. The maximum Gasteiger partial charge on any atom is 0.350 e. The predicted molar refractivity (Wildman–Crippen MR) is 119 cm³/mol. The van der Waals surface area contributed by atoms with Crippen LogP contribution in [0, 0.1) is 0 Å². The zero-order valence-electron chi connectivity index (χ0n) is 16.0. The molecule has 30 heavy (non-hydrogen) atoms. The van der Waals surface area contributed by atoms with Crippen LogP contribution in [0.5, 0.6) is 5.75 Å². The van der Waals surface area contributed by atoms with Crippen LogP contribution in [0.1, 0.15) is 31.7 Å². The molecule has 0 aliphatic carbocycles. The van der Waals surface area contributed by atoms with Gasteiger partial charge in [-0.1, -0.05) is 72.3 Å². The van der Waals surface area contributed by atoms with Crippen molar-refractivity contribution >= 4 is 44.8 Å². The number of ether oxygens (including phenoxy) is 2. The van der Waals surface area contributed by atoms with Gasteiger partial charge in [-0.15, -0.1) is 11.3 Å². The first-order valence-corrected chi connectivity index (χ1v) is 10.4. The van der Waals surface area contributed by atoms with Crippen molar-refractivity contribution in [1.82, 2.24) is 0 Å². The number of methoxy groups -OCH3 is 1. The number of carbonyl (C=O) groups is 2. The molecule has 0 radical (unpaired) electrons. The normalized spacial score (nSPS) is 11.8. The van der Waals surface area contributed by atoms with Crippen LogP contribution >= 0.6 is 22.9 Å². The number of benzene rings is 3. The minimum absolute atomic E-state index is 0.252. The molecule has 4 nitrogen and oxygen atoms in total. The van der Waals surface area contributed by atoms with Gasteiger partial charge < -0.3 is 9.47 Å². The van der Waals surface area contributed by atoms with Crippen LogP contribution in [0.25, 0.3) is 10.1 Å². The number of halogens is 1. The molecule has 0 fully saturated rings. The Morgan fingerprint density at radius 3 is 2.27 bits per heavy atom. The highest BCUT2D eigenvalue weighted by atomic mass is 35.5. The zero-order valence-corrected chi connectivity index (χ0v) is 17.6. The lowest BCUT2D eigenvalue weighted by Crippen LogP contribution is -2.20. The monoisotopic (exact) mass is 436 g/mol. The molecule has 0 saturated heterocycles. The standard InChI is InChI=1S/C24H17ClO4S/c1-28-17-12-13-18-19(14-17)30-23(20(18)25)24(27)29-22(16-10-6-3-7-11-16)21(26)15-8-4-2-5-9-15/h2-14,22H,1H3. The summed E-state index contributed by atoms with van der Waals surface area (Å²) in [6, 6.07) is 23.1. The van der Waals surface area contributed by atoms with Gasteiger partial charge in [0, 0.05) is 21.2 Å². The Kier molecular flexibility index (Phi) is 5.84. The first kappa shape index (κ1) is 20.1. The number of hydrogen-bond donors (Lipinski definition) is 0. The maximum absolute atomic E-state index is 13.1. The van der Waals surface area contributed by atoms with Gasteiger partial charge in [-0.2, -0.15) is 0 Å². The second kappa shape index (κ2) is 8.69. The van der Waals surface area contributed by atoms with Gasteiger partial charge in [0.2, 0.25) is 5.78 Å². The fraction of sp³-hybridized carbons (Fsp3) is 0.0833. The van der Waals surface area contributed by atoms with Gasteiger partial charge in [-0.05, 0) is 18.2 Å². The Morgan fingerprint density at radius 1 is 0.933 bits per heavy atom. The summed E-state index contributed by atoms with van der Waals surface area (Å²) in [5, 5.41) is 1.04. The fourth-order valence-corrected chi connectivity index (χ4v) is 4.54. The topological polar surface area (TPSA) is 52.6 Å². The summed E-state index contributed by atoms with van der Waals surface area (Å²) in [5.41, 5.74) is 1.06. The summed E-state index contributed by atoms with van der Waals surface area (Å²) >= 11 is 7.67. The van der Waals surface area contributed by atoms with Crippen molar-refractivity contribution in [2.75, 3.05) is 7.11 Å². The van der Waals surface area contributed by atoms with E-state index in [2.05, 4.69) is 0 Å². The summed E-state index contributed by atoms with van der Waals surface area (Å²) in [6.07, 6.45) is -1.07. The minimum Gasteiger partial charge on any atom is -0.497 e. The average Bonchev–Trinajstić information content (AvgIpc) is 3.13. The van der Waals surface area contributed by atoms with Gasteiger partial charge in [-0.25, -0.2) is 4.79 Å². The highest BCUT2D eigenvalue weighted by Gasteiger charge is 2.29. The Labute approximate surface area is 182 Å². The molecule has 1 unspecified atom stereocenters. The van der Waals surface area contributed by atoms with Crippen molar-refractivity contribution in [2.24, 2.45) is 0 Å². The van der Waals surface area contributed by atoms with E-state index in [9.17, 15) is 9.59 Å². The van der Waals surface area contributed by atoms with Crippen molar-refractivity contribution in [2.45, 2.75) is 6.10 Å². The zero-order chi connectivity index (χ0) is 21.1. The molecule has 0 N–H and O–H groups in total. The molecule has 6 heteroatoms. The van der Waals surface area contributed by atoms with Gasteiger partial charge in [0.15, 0.2) is 6.10 Å². The van der Waals surface area contributed by atoms with Crippen LogP contribution in [0.4, 0.5) is 0 Å². The van der Waals surface area contributed by atoms with Crippen LogP contribution in [0.3, 0.4) is 0 Å². The summed E-state index contributed by atoms with van der Waals surface area (Å²) in [5.74, 6) is -0.269. The summed E-state index contributed by atoms with van der Waals surface area (Å²) in [4.78, 5) is 26.4. The smallest absolute Gasteiger partial charge is 0.350 e. The number of Topliss-reactive ketones (excluding diaryl/α,β-unsaturated/α-hetero) is 1. The number of esters is 1. The predicted octanol–water partition coefficient (Wildman–Crippen LogP) is 6.34. The molecule has 0 saturated carbocycles. The number of carbonyl (C=O) groups excluding carboxylic acids is 2. The van der Waals surface area contributed by atoms with E-state index in [4.69, 9.17) is 21.1 Å². The van der Waals surface area contributed by atoms with Crippen molar-refractivity contribution in [3.8, 4) is 5.75 Å². The third kappa shape index (κ3) is 3.95. The van der Waals surface area contributed by atoms with Crippen LogP contribution in [0.15, 0.2) is 78.9 Å². The first-order chi connectivity index (χ1) is 14.6. The fourth-order valence-electron chi connectivity index (χ4n) is 3.12. The Morgan fingerprint density at radius 2 is 1.60 bits per heavy atom. The second-order valence-corrected chi connectivity index (χ2v) is 7.96. The van der Waals surface area contributed by atoms with E-state index in [1.165, 1.54) is 11.3 Å². The molecule has 150 valence electrons. The van der Waals surface area contributed by atoms with E-state index in [1.54, 1.807) is 67.8 Å². The molecule has 0 aliphatic rings. The van der Waals surface area contributed by atoms with Crippen molar-refractivity contribution < 1.29 is 19.1 Å². The highest BCUT2D eigenvalue weighted by molar-refractivity contribution is 7.21. The molecule has 4 aromatic rings. The van der Waals surface area contributed by atoms with Crippen LogP contribution < -0.4 is 4.74 Å². The lowest BCUT2D eigenvalue weighted by atomic mass is 10.00. The number of rotatable bonds is 6. The van der Waals surface area contributed by atoms with E-state index in [0.717, 1.165) is 10.1 Å². The first-order valence-electron chi connectivity index (χ1n) is 9.19. The van der Waals surface area contributed by atoms with E-state index < -0.39 is 12.1 Å². The molecule has 0 amide bonds. The summed E-state index contributed by atoms with van der Waals surface area (Å²) in [6.45, 7) is 0. The van der Waals surface area contributed by atoms with Crippen LogP contribution in [-0.4, -0.2) is 18.9 Å². The number of fused-ring (bicyclic) bond motifs is 1. The summed E-state index contributed by atoms with van der Waals surface area (Å²) < 4.78 is 11.8. The van der Waals surface area contributed by atoms with E-state index in [0.29, 0.717) is 21.9 Å². The quantitative estimate of drug-likeness (QED) is 0.261. The van der Waals surface area contributed by atoms with Gasteiger partial charge in [0.25, 0.3) is 0 Å². The van der Waals surface area contributed by atoms with Crippen LogP contribution in [-0.2, 0) is 4.74 Å². The molecule has 1 heterocycles. The lowest BCUT2D eigenvalue weighted by molar-refractivity contribution is 0.0285. The molecule has 1 aromatic heterocycles. The Hall–Kier alpha value is -3.15. The minimum atomic E-state index is -1.07. The highest BCUT2D eigenvalue weighted by Crippen LogP contribution is 2.38. The van der Waals surface area contributed by atoms with Gasteiger partial charge >= 0.3 is 5.97 Å². The number of hydrogen-bond acceptors (Lipinski definition) is 5. The molecule has 0 spiro atoms. The maximum atomic E-state index is 13.1. The Balaban J connectivity index is 1.69. The van der Waals surface area contributed by atoms with E-state index in [-0.39, 0.29) is 10.7 Å². The van der Waals surface area contributed by atoms with Crippen molar-refractivity contribution in [3.63, 3.8) is 0 Å². The van der Waals surface area contributed by atoms with Gasteiger partial charge in [-0.3, -0.25) is 4.79 Å². The lowest BCUT2D eigenvalue weighted by Gasteiger charge is -2.17. The molecule has 4 rings (SSSR count). The molecule has 3 aromatic carbocycles. The molecule has 1 atom stereocenters.